The number of nitrogens with one attached hydrogen (secondary N) is 1. The molecule has 3 heterocycles. The van der Waals surface area contributed by atoms with Gasteiger partial charge in [-0.25, -0.2) is 9.99 Å². The zero-order valence-electron chi connectivity index (χ0n) is 16.2. The van der Waals surface area contributed by atoms with E-state index in [1.165, 1.54) is 22.4 Å². The average Bonchev–Trinajstić information content (AvgIpc) is 3.37. The monoisotopic (exact) mass is 412 g/mol. The molecule has 0 saturated heterocycles. The number of Topliss-reactive ketones (excluding diaryl/α,β-unsaturated/α-hetero) is 1. The van der Waals surface area contributed by atoms with E-state index in [4.69, 9.17) is 11.1 Å². The van der Waals surface area contributed by atoms with Crippen LogP contribution in [0, 0.1) is 12.3 Å². The van der Waals surface area contributed by atoms with Gasteiger partial charge in [0.15, 0.2) is 10.7 Å². The van der Waals surface area contributed by atoms with E-state index in [9.17, 15) is 9.59 Å². The molecule has 0 aliphatic carbocycles. The highest BCUT2D eigenvalue weighted by Gasteiger charge is 2.21. The van der Waals surface area contributed by atoms with E-state index in [0.717, 1.165) is 22.2 Å². The van der Waals surface area contributed by atoms with E-state index in [-0.39, 0.29) is 17.3 Å². The number of aryl methyl sites for hydroxylation is 2. The quantitative estimate of drug-likeness (QED) is 0.249. The number of hydrazone groups is 1. The third-order valence-corrected chi connectivity index (χ3v) is 5.39. The molecule has 3 rings (SSSR count). The van der Waals surface area contributed by atoms with Gasteiger partial charge in [-0.2, -0.15) is 10.2 Å². The number of thiazole rings is 1. The van der Waals surface area contributed by atoms with E-state index in [2.05, 4.69) is 15.2 Å². The van der Waals surface area contributed by atoms with Gasteiger partial charge in [-0.1, -0.05) is 0 Å². The number of hydrogen-bond donors (Lipinski definition) is 2. The summed E-state index contributed by atoms with van der Waals surface area (Å²) in [5.41, 5.74) is 7.99. The van der Waals surface area contributed by atoms with E-state index < -0.39 is 5.78 Å². The summed E-state index contributed by atoms with van der Waals surface area (Å²) in [5, 5.41) is 17.7. The number of fused-ring (bicyclic) bond motifs is 1. The van der Waals surface area contributed by atoms with Crippen LogP contribution < -0.4 is 5.73 Å². The van der Waals surface area contributed by atoms with Crippen LogP contribution in [0.2, 0.25) is 0 Å². The van der Waals surface area contributed by atoms with Gasteiger partial charge < -0.3 is 10.3 Å². The summed E-state index contributed by atoms with van der Waals surface area (Å²) >= 11 is 1.18. The molecular weight excluding hydrogens is 392 g/mol. The van der Waals surface area contributed by atoms with Crippen molar-refractivity contribution in [2.24, 2.45) is 24.9 Å². The number of aromatic nitrogens is 4. The van der Waals surface area contributed by atoms with Crippen molar-refractivity contribution in [2.75, 3.05) is 0 Å². The molecule has 1 amide bonds. The Kier molecular flexibility index (Phi) is 5.69. The maximum atomic E-state index is 12.3. The summed E-state index contributed by atoms with van der Waals surface area (Å²) in [5.74, 6) is -0.502. The van der Waals surface area contributed by atoms with Crippen molar-refractivity contribution in [3.8, 4) is 0 Å². The summed E-state index contributed by atoms with van der Waals surface area (Å²) in [6, 6.07) is 1.81. The van der Waals surface area contributed by atoms with E-state index in [1.807, 2.05) is 24.6 Å². The van der Waals surface area contributed by atoms with Gasteiger partial charge in [0.1, 0.15) is 5.71 Å². The molecular formula is C18H20N8O2S. The Morgan fingerprint density at radius 1 is 1.45 bits per heavy atom. The van der Waals surface area contributed by atoms with Gasteiger partial charge in [0.25, 0.3) is 0 Å². The van der Waals surface area contributed by atoms with Crippen molar-refractivity contribution < 1.29 is 9.59 Å². The standard InChI is InChI=1S/C18H20N8O2S/c1-11-13(8-21-26(10-27)9-12-5-7-24(2)23-12)16-17(25(11)3)22-18(29-16)15(28)14(20)4-6-19/h4-8,10,20H,9,19H2,1-3H3/b6-4-,20-14?,21-8-. The molecule has 0 atom stereocenters. The van der Waals surface area contributed by atoms with Crippen LogP contribution in [0.4, 0.5) is 0 Å². The molecule has 0 aromatic carbocycles. The Morgan fingerprint density at radius 3 is 2.83 bits per heavy atom. The van der Waals surface area contributed by atoms with Crippen molar-refractivity contribution in [3.05, 3.63) is 46.5 Å². The molecule has 150 valence electrons. The normalized spacial score (nSPS) is 11.7. The van der Waals surface area contributed by atoms with Crippen molar-refractivity contribution in [2.45, 2.75) is 13.5 Å². The van der Waals surface area contributed by atoms with Crippen molar-refractivity contribution >= 4 is 45.8 Å². The minimum atomic E-state index is -0.502. The SMILES string of the molecule is Cc1c(/C=N\N(C=O)Cc2ccn(C)n2)c2sc(C(=O)C(=N)/C=C\N)nc2n1C. The van der Waals surface area contributed by atoms with Crippen LogP contribution in [0.15, 0.2) is 29.6 Å². The lowest BCUT2D eigenvalue weighted by molar-refractivity contribution is -0.118. The maximum absolute atomic E-state index is 12.3. The fourth-order valence-electron chi connectivity index (χ4n) is 2.71. The highest BCUT2D eigenvalue weighted by Crippen LogP contribution is 2.29. The molecule has 0 spiro atoms. The number of carbonyl (C=O) groups excluding carboxylic acids is 2. The van der Waals surface area contributed by atoms with Gasteiger partial charge in [0.2, 0.25) is 12.2 Å². The van der Waals surface area contributed by atoms with Crippen molar-refractivity contribution in [3.63, 3.8) is 0 Å². The van der Waals surface area contributed by atoms with Gasteiger partial charge in [0, 0.05) is 31.5 Å². The predicted octanol–water partition coefficient (Wildman–Crippen LogP) is 1.34. The number of amides is 1. The van der Waals surface area contributed by atoms with Gasteiger partial charge >= 0.3 is 0 Å². The molecule has 11 heteroatoms. The maximum Gasteiger partial charge on any atom is 0.239 e. The van der Waals surface area contributed by atoms with Crippen LogP contribution in [-0.2, 0) is 25.4 Å². The van der Waals surface area contributed by atoms with Crippen molar-refractivity contribution in [1.29, 1.82) is 5.41 Å². The lowest BCUT2D eigenvalue weighted by Gasteiger charge is -2.08. The molecule has 10 nitrogen and oxygen atoms in total. The minimum absolute atomic E-state index is 0.198. The molecule has 0 aliphatic rings. The van der Waals surface area contributed by atoms with Crippen LogP contribution in [0.5, 0.6) is 0 Å². The van der Waals surface area contributed by atoms with Gasteiger partial charge in [0.05, 0.1) is 23.2 Å². The summed E-state index contributed by atoms with van der Waals surface area (Å²) in [6.07, 6.45) is 6.36. The van der Waals surface area contributed by atoms with Crippen molar-refractivity contribution in [1.82, 2.24) is 24.3 Å². The highest BCUT2D eigenvalue weighted by atomic mass is 32.1. The number of rotatable bonds is 8. The topological polar surface area (TPSA) is 135 Å². The third-order valence-electron chi connectivity index (χ3n) is 4.32. The first-order chi connectivity index (χ1) is 13.8. The number of hydrogen-bond acceptors (Lipinski definition) is 8. The number of nitrogens with zero attached hydrogens (tertiary/aromatic N) is 6. The Labute approximate surface area is 170 Å². The lowest BCUT2D eigenvalue weighted by Crippen LogP contribution is -2.15. The minimum Gasteiger partial charge on any atom is -0.405 e. The summed E-state index contributed by atoms with van der Waals surface area (Å²) < 4.78 is 4.25. The second kappa shape index (κ2) is 8.19. The summed E-state index contributed by atoms with van der Waals surface area (Å²) in [4.78, 5) is 28.1. The first-order valence-corrected chi connectivity index (χ1v) is 9.39. The summed E-state index contributed by atoms with van der Waals surface area (Å²) in [6.45, 7) is 2.14. The molecule has 0 saturated carbocycles. The van der Waals surface area contributed by atoms with Crippen LogP contribution in [0.25, 0.3) is 10.3 Å². The Hall–Kier alpha value is -3.60. The van der Waals surface area contributed by atoms with E-state index in [0.29, 0.717) is 17.8 Å². The number of ketones is 1. The molecule has 0 fully saturated rings. The predicted molar refractivity (Wildman–Crippen MR) is 111 cm³/mol. The molecule has 3 N–H and O–H groups in total. The van der Waals surface area contributed by atoms with Crippen LogP contribution >= 0.6 is 11.3 Å². The lowest BCUT2D eigenvalue weighted by atomic mass is 10.2. The van der Waals surface area contributed by atoms with E-state index >= 15 is 0 Å². The molecule has 3 aromatic rings. The second-order valence-electron chi connectivity index (χ2n) is 6.26. The molecule has 29 heavy (non-hydrogen) atoms. The zero-order valence-corrected chi connectivity index (χ0v) is 17.0. The fraction of sp³-hybridized carbons (Fsp3) is 0.222. The molecule has 0 unspecified atom stereocenters. The van der Waals surface area contributed by atoms with Crippen LogP contribution in [0.1, 0.15) is 26.8 Å². The van der Waals surface area contributed by atoms with Gasteiger partial charge in [-0.15, -0.1) is 11.3 Å². The van der Waals surface area contributed by atoms with Crippen LogP contribution in [-0.4, -0.2) is 48.5 Å². The van der Waals surface area contributed by atoms with Gasteiger partial charge in [-0.05, 0) is 25.3 Å². The molecule has 3 aromatic heterocycles. The third kappa shape index (κ3) is 3.99. The Morgan fingerprint density at radius 2 is 2.21 bits per heavy atom. The number of allylic oxidation sites excluding steroid dienone is 1. The average molecular weight is 412 g/mol. The molecule has 0 aliphatic heterocycles. The molecule has 0 bridgehead atoms. The first kappa shape index (κ1) is 20.1. The zero-order chi connectivity index (χ0) is 21.1. The Balaban J connectivity index is 1.92. The summed E-state index contributed by atoms with van der Waals surface area (Å²) in [7, 11) is 3.63. The molecule has 0 radical (unpaired) electrons. The fourth-order valence-corrected chi connectivity index (χ4v) is 3.82. The van der Waals surface area contributed by atoms with Gasteiger partial charge in [-0.3, -0.25) is 19.7 Å². The smallest absolute Gasteiger partial charge is 0.239 e. The van der Waals surface area contributed by atoms with E-state index in [1.54, 1.807) is 24.1 Å². The Bertz CT molecular complexity index is 1150. The second-order valence-corrected chi connectivity index (χ2v) is 7.26. The van der Waals surface area contributed by atoms with Crippen LogP contribution in [0.3, 0.4) is 0 Å². The largest absolute Gasteiger partial charge is 0.405 e. The first-order valence-electron chi connectivity index (χ1n) is 8.57. The highest BCUT2D eigenvalue weighted by molar-refractivity contribution is 7.21. The number of nitrogens with two attached hydrogens (primary N) is 1. The number of carbonyl (C=O) groups is 2.